The first-order chi connectivity index (χ1) is 9.88. The predicted octanol–water partition coefficient (Wildman–Crippen LogP) is 3.95. The molecule has 1 aromatic heterocycles. The molecule has 1 unspecified atom stereocenters. The molecule has 0 aliphatic carbocycles. The van der Waals surface area contributed by atoms with E-state index < -0.39 is 0 Å². The van der Waals surface area contributed by atoms with Crippen LogP contribution in [-0.4, -0.2) is 22.3 Å². The highest BCUT2D eigenvalue weighted by molar-refractivity contribution is 5.75. The van der Waals surface area contributed by atoms with Crippen molar-refractivity contribution in [2.75, 3.05) is 6.61 Å². The lowest BCUT2D eigenvalue weighted by Crippen LogP contribution is -2.09. The SMILES string of the molecule is CCCc1nc2ccccc2n1CCCC1CCCO1. The third-order valence-corrected chi connectivity index (χ3v) is 4.14. The van der Waals surface area contributed by atoms with Crippen LogP contribution in [0.2, 0.25) is 0 Å². The van der Waals surface area contributed by atoms with Gasteiger partial charge in [0.2, 0.25) is 0 Å². The molecule has 1 atom stereocenters. The molecule has 1 aliphatic heterocycles. The van der Waals surface area contributed by atoms with Crippen LogP contribution in [-0.2, 0) is 17.7 Å². The van der Waals surface area contributed by atoms with Gasteiger partial charge in [-0.05, 0) is 44.2 Å². The number of aryl methyl sites for hydroxylation is 2. The van der Waals surface area contributed by atoms with Crippen molar-refractivity contribution in [3.63, 3.8) is 0 Å². The second-order valence-corrected chi connectivity index (χ2v) is 5.70. The molecule has 2 heterocycles. The standard InChI is InChI=1S/C17H24N2O/c1-2-7-17-18-15-10-3-4-11-16(15)19(17)12-5-8-14-9-6-13-20-14/h3-4,10-11,14H,2,5-9,12-13H2,1H3. The van der Waals surface area contributed by atoms with Crippen LogP contribution in [0.5, 0.6) is 0 Å². The van der Waals surface area contributed by atoms with E-state index in [1.807, 2.05) is 0 Å². The Kier molecular flexibility index (Phi) is 4.36. The van der Waals surface area contributed by atoms with Gasteiger partial charge in [-0.3, -0.25) is 0 Å². The highest BCUT2D eigenvalue weighted by Crippen LogP contribution is 2.21. The summed E-state index contributed by atoms with van der Waals surface area (Å²) in [6.45, 7) is 4.24. The first kappa shape index (κ1) is 13.6. The summed E-state index contributed by atoms with van der Waals surface area (Å²) in [6, 6.07) is 8.48. The summed E-state index contributed by atoms with van der Waals surface area (Å²) in [7, 11) is 0. The van der Waals surface area contributed by atoms with E-state index in [0.29, 0.717) is 6.10 Å². The van der Waals surface area contributed by atoms with Crippen LogP contribution >= 0.6 is 0 Å². The minimum absolute atomic E-state index is 0.499. The third kappa shape index (κ3) is 2.88. The molecule has 3 heteroatoms. The summed E-state index contributed by atoms with van der Waals surface area (Å²) >= 11 is 0. The van der Waals surface area contributed by atoms with Crippen LogP contribution < -0.4 is 0 Å². The van der Waals surface area contributed by atoms with Crippen LogP contribution in [0.4, 0.5) is 0 Å². The normalized spacial score (nSPS) is 18.9. The summed E-state index contributed by atoms with van der Waals surface area (Å²) in [4.78, 5) is 4.78. The van der Waals surface area contributed by atoms with E-state index in [1.54, 1.807) is 0 Å². The number of aromatic nitrogens is 2. The number of hydrogen-bond donors (Lipinski definition) is 0. The van der Waals surface area contributed by atoms with Crippen LogP contribution in [0.3, 0.4) is 0 Å². The Morgan fingerprint density at radius 2 is 2.25 bits per heavy atom. The van der Waals surface area contributed by atoms with Crippen molar-refractivity contribution in [1.82, 2.24) is 9.55 Å². The smallest absolute Gasteiger partial charge is 0.109 e. The maximum absolute atomic E-state index is 5.71. The van der Waals surface area contributed by atoms with Crippen molar-refractivity contribution in [3.05, 3.63) is 30.1 Å². The number of hydrogen-bond acceptors (Lipinski definition) is 2. The lowest BCUT2D eigenvalue weighted by atomic mass is 10.1. The van der Waals surface area contributed by atoms with E-state index in [2.05, 4.69) is 35.8 Å². The molecule has 0 bridgehead atoms. The summed E-state index contributed by atoms with van der Waals surface area (Å²) in [5.74, 6) is 1.24. The van der Waals surface area contributed by atoms with E-state index in [9.17, 15) is 0 Å². The summed E-state index contributed by atoms with van der Waals surface area (Å²) in [5.41, 5.74) is 2.41. The van der Waals surface area contributed by atoms with Gasteiger partial charge in [0.15, 0.2) is 0 Å². The zero-order chi connectivity index (χ0) is 13.8. The Labute approximate surface area is 121 Å². The molecule has 3 rings (SSSR count). The number of fused-ring (bicyclic) bond motifs is 1. The zero-order valence-electron chi connectivity index (χ0n) is 12.3. The van der Waals surface area contributed by atoms with Gasteiger partial charge in [-0.25, -0.2) is 4.98 Å². The number of ether oxygens (including phenoxy) is 1. The third-order valence-electron chi connectivity index (χ3n) is 4.14. The summed E-state index contributed by atoms with van der Waals surface area (Å²) in [6.07, 6.45) is 7.55. The van der Waals surface area contributed by atoms with Gasteiger partial charge in [0.25, 0.3) is 0 Å². The highest BCUT2D eigenvalue weighted by Gasteiger charge is 2.15. The Bertz CT molecular complexity index is 555. The van der Waals surface area contributed by atoms with E-state index in [-0.39, 0.29) is 0 Å². The topological polar surface area (TPSA) is 27.1 Å². The predicted molar refractivity (Wildman–Crippen MR) is 81.9 cm³/mol. The lowest BCUT2D eigenvalue weighted by molar-refractivity contribution is 0.101. The largest absolute Gasteiger partial charge is 0.378 e. The maximum Gasteiger partial charge on any atom is 0.109 e. The van der Waals surface area contributed by atoms with Gasteiger partial charge in [-0.2, -0.15) is 0 Å². The summed E-state index contributed by atoms with van der Waals surface area (Å²) in [5, 5.41) is 0. The Morgan fingerprint density at radius 3 is 3.05 bits per heavy atom. The van der Waals surface area contributed by atoms with Crippen molar-refractivity contribution in [3.8, 4) is 0 Å². The summed E-state index contributed by atoms with van der Waals surface area (Å²) < 4.78 is 8.12. The van der Waals surface area contributed by atoms with Crippen molar-refractivity contribution in [2.45, 2.75) is 58.1 Å². The second-order valence-electron chi connectivity index (χ2n) is 5.70. The van der Waals surface area contributed by atoms with E-state index in [4.69, 9.17) is 9.72 Å². The quantitative estimate of drug-likeness (QED) is 0.796. The monoisotopic (exact) mass is 272 g/mol. The van der Waals surface area contributed by atoms with Crippen molar-refractivity contribution in [2.24, 2.45) is 0 Å². The van der Waals surface area contributed by atoms with Gasteiger partial charge in [0.05, 0.1) is 17.1 Å². The Hall–Kier alpha value is -1.35. The molecule has 1 aromatic carbocycles. The van der Waals surface area contributed by atoms with Crippen LogP contribution in [0.25, 0.3) is 11.0 Å². The van der Waals surface area contributed by atoms with Crippen LogP contribution in [0.1, 0.15) is 44.9 Å². The first-order valence-electron chi connectivity index (χ1n) is 7.94. The molecule has 0 radical (unpaired) electrons. The van der Waals surface area contributed by atoms with Gasteiger partial charge < -0.3 is 9.30 Å². The fraction of sp³-hybridized carbons (Fsp3) is 0.588. The number of rotatable bonds is 6. The molecule has 0 N–H and O–H groups in total. The van der Waals surface area contributed by atoms with Crippen LogP contribution in [0.15, 0.2) is 24.3 Å². The van der Waals surface area contributed by atoms with Crippen molar-refractivity contribution < 1.29 is 4.74 Å². The van der Waals surface area contributed by atoms with E-state index >= 15 is 0 Å². The number of benzene rings is 1. The Balaban J connectivity index is 1.72. The molecule has 108 valence electrons. The molecule has 0 spiro atoms. The number of nitrogens with zero attached hydrogens (tertiary/aromatic N) is 2. The molecule has 3 nitrogen and oxygen atoms in total. The molecule has 1 saturated heterocycles. The van der Waals surface area contributed by atoms with Crippen molar-refractivity contribution in [1.29, 1.82) is 0 Å². The molecule has 0 amide bonds. The minimum atomic E-state index is 0.499. The van der Waals surface area contributed by atoms with Crippen LogP contribution in [0, 0.1) is 0 Å². The fourth-order valence-electron chi connectivity index (χ4n) is 3.14. The minimum Gasteiger partial charge on any atom is -0.378 e. The molecule has 0 saturated carbocycles. The van der Waals surface area contributed by atoms with Gasteiger partial charge >= 0.3 is 0 Å². The van der Waals surface area contributed by atoms with Gasteiger partial charge in [0.1, 0.15) is 5.82 Å². The average molecular weight is 272 g/mol. The number of para-hydroxylation sites is 2. The van der Waals surface area contributed by atoms with Gasteiger partial charge in [-0.15, -0.1) is 0 Å². The highest BCUT2D eigenvalue weighted by atomic mass is 16.5. The molecule has 1 aliphatic rings. The lowest BCUT2D eigenvalue weighted by Gasteiger charge is -2.11. The molecular weight excluding hydrogens is 248 g/mol. The molecule has 20 heavy (non-hydrogen) atoms. The molecule has 2 aromatic rings. The number of imidazole rings is 1. The van der Waals surface area contributed by atoms with Crippen molar-refractivity contribution >= 4 is 11.0 Å². The average Bonchev–Trinajstić information content (AvgIpc) is 3.08. The van der Waals surface area contributed by atoms with E-state index in [0.717, 1.165) is 31.5 Å². The molecular formula is C17H24N2O. The van der Waals surface area contributed by atoms with Gasteiger partial charge in [-0.1, -0.05) is 19.1 Å². The van der Waals surface area contributed by atoms with Gasteiger partial charge in [0, 0.05) is 19.6 Å². The Morgan fingerprint density at radius 1 is 1.35 bits per heavy atom. The molecule has 1 fully saturated rings. The second kappa shape index (κ2) is 6.40. The zero-order valence-corrected chi connectivity index (χ0v) is 12.3. The first-order valence-corrected chi connectivity index (χ1v) is 7.94. The van der Waals surface area contributed by atoms with E-state index in [1.165, 1.54) is 37.0 Å². The fourth-order valence-corrected chi connectivity index (χ4v) is 3.14. The maximum atomic E-state index is 5.71.